The number of hydrogen-bond acceptors (Lipinski definition) is 3. The third kappa shape index (κ3) is 4.08. The van der Waals surface area contributed by atoms with Gasteiger partial charge in [-0.2, -0.15) is 0 Å². The van der Waals surface area contributed by atoms with Crippen LogP contribution in [0.1, 0.15) is 22.9 Å². The van der Waals surface area contributed by atoms with Crippen LogP contribution in [-0.2, 0) is 13.0 Å². The second kappa shape index (κ2) is 7.31. The minimum Gasteiger partial charge on any atom is -0.383 e. The predicted molar refractivity (Wildman–Crippen MR) is 85.1 cm³/mol. The fourth-order valence-corrected chi connectivity index (χ4v) is 2.85. The van der Waals surface area contributed by atoms with Gasteiger partial charge in [-0.05, 0) is 35.9 Å². The highest BCUT2D eigenvalue weighted by atomic mass is 32.1. The zero-order valence-electron chi connectivity index (χ0n) is 11.7. The minimum absolute atomic E-state index is 0.962. The summed E-state index contributed by atoms with van der Waals surface area (Å²) >= 11 is 1.80. The van der Waals surface area contributed by atoms with Crippen LogP contribution in [0.4, 0.5) is 5.69 Å². The van der Waals surface area contributed by atoms with Crippen LogP contribution in [0.5, 0.6) is 0 Å². The van der Waals surface area contributed by atoms with Crippen molar-refractivity contribution in [1.29, 1.82) is 0 Å². The Morgan fingerprint density at radius 1 is 1.11 bits per heavy atom. The maximum absolute atomic E-state index is 3.55. The van der Waals surface area contributed by atoms with Gasteiger partial charge < -0.3 is 10.6 Å². The van der Waals surface area contributed by atoms with E-state index >= 15 is 0 Å². The van der Waals surface area contributed by atoms with Crippen LogP contribution in [0.15, 0.2) is 35.7 Å². The van der Waals surface area contributed by atoms with E-state index in [1.165, 1.54) is 21.7 Å². The molecule has 1 heterocycles. The van der Waals surface area contributed by atoms with Crippen LogP contribution < -0.4 is 10.6 Å². The van der Waals surface area contributed by atoms with Crippen molar-refractivity contribution in [1.82, 2.24) is 5.32 Å². The summed E-state index contributed by atoms with van der Waals surface area (Å²) in [5.41, 5.74) is 4.04. The molecular formula is C16H22N2S. The van der Waals surface area contributed by atoms with E-state index in [1.807, 2.05) is 0 Å². The van der Waals surface area contributed by atoms with Gasteiger partial charge in [-0.25, -0.2) is 0 Å². The summed E-state index contributed by atoms with van der Waals surface area (Å²) in [5.74, 6) is 0. The molecule has 1 aromatic carbocycles. The third-order valence-corrected chi connectivity index (χ3v) is 4.10. The normalized spacial score (nSPS) is 10.6. The molecule has 102 valence electrons. The molecule has 19 heavy (non-hydrogen) atoms. The lowest BCUT2D eigenvalue weighted by atomic mass is 10.1. The molecule has 1 aromatic heterocycles. The van der Waals surface area contributed by atoms with Gasteiger partial charge >= 0.3 is 0 Å². The Balaban J connectivity index is 1.76. The molecule has 3 heteroatoms. The second-order valence-electron chi connectivity index (χ2n) is 4.65. The molecule has 0 unspecified atom stereocenters. The first-order chi connectivity index (χ1) is 9.31. The Hall–Kier alpha value is -1.32. The molecule has 0 amide bonds. The van der Waals surface area contributed by atoms with Crippen LogP contribution in [0.2, 0.25) is 0 Å². The number of para-hydroxylation sites is 1. The number of rotatable bonds is 7. The lowest BCUT2D eigenvalue weighted by Crippen LogP contribution is -2.22. The van der Waals surface area contributed by atoms with Crippen LogP contribution in [0.3, 0.4) is 0 Å². The van der Waals surface area contributed by atoms with E-state index in [2.05, 4.69) is 60.2 Å². The molecule has 0 aliphatic carbocycles. The van der Waals surface area contributed by atoms with Crippen LogP contribution in [0, 0.1) is 6.92 Å². The van der Waals surface area contributed by atoms with Gasteiger partial charge in [0, 0.05) is 30.2 Å². The summed E-state index contributed by atoms with van der Waals surface area (Å²) in [6.45, 7) is 7.28. The highest BCUT2D eigenvalue weighted by Crippen LogP contribution is 2.20. The summed E-state index contributed by atoms with van der Waals surface area (Å²) in [6.07, 6.45) is 1.08. The number of anilines is 1. The van der Waals surface area contributed by atoms with Gasteiger partial charge in [-0.15, -0.1) is 11.3 Å². The largest absolute Gasteiger partial charge is 0.383 e. The molecule has 0 spiro atoms. The molecule has 0 atom stereocenters. The Morgan fingerprint density at radius 3 is 2.74 bits per heavy atom. The molecule has 2 aromatic rings. The van der Waals surface area contributed by atoms with Gasteiger partial charge in [0.15, 0.2) is 0 Å². The lowest BCUT2D eigenvalue weighted by molar-refractivity contribution is 0.714. The number of benzene rings is 1. The van der Waals surface area contributed by atoms with Crippen molar-refractivity contribution in [2.75, 3.05) is 18.4 Å². The van der Waals surface area contributed by atoms with E-state index in [9.17, 15) is 0 Å². The molecule has 0 bridgehead atoms. The van der Waals surface area contributed by atoms with Crippen molar-refractivity contribution in [2.24, 2.45) is 0 Å². The zero-order valence-corrected chi connectivity index (χ0v) is 12.5. The van der Waals surface area contributed by atoms with Crippen molar-refractivity contribution >= 4 is 17.0 Å². The molecular weight excluding hydrogens is 252 g/mol. The Labute approximate surface area is 119 Å². The number of aryl methyl sites for hydroxylation is 2. The van der Waals surface area contributed by atoms with Crippen molar-refractivity contribution in [3.8, 4) is 0 Å². The van der Waals surface area contributed by atoms with E-state index in [0.29, 0.717) is 0 Å². The topological polar surface area (TPSA) is 24.1 Å². The fourth-order valence-electron chi connectivity index (χ4n) is 2.18. The van der Waals surface area contributed by atoms with Crippen LogP contribution in [-0.4, -0.2) is 13.1 Å². The molecule has 0 aliphatic rings. The van der Waals surface area contributed by atoms with Crippen LogP contribution >= 0.6 is 11.3 Å². The summed E-state index contributed by atoms with van der Waals surface area (Å²) < 4.78 is 0. The quantitative estimate of drug-likeness (QED) is 0.750. The summed E-state index contributed by atoms with van der Waals surface area (Å²) in [4.78, 5) is 1.39. The maximum atomic E-state index is 3.55. The van der Waals surface area contributed by atoms with E-state index < -0.39 is 0 Å². The van der Waals surface area contributed by atoms with Gasteiger partial charge in [0.25, 0.3) is 0 Å². The average molecular weight is 274 g/mol. The van der Waals surface area contributed by atoms with E-state index in [-0.39, 0.29) is 0 Å². The van der Waals surface area contributed by atoms with Crippen LogP contribution in [0.25, 0.3) is 0 Å². The Bertz CT molecular complexity index is 491. The maximum Gasteiger partial charge on any atom is 0.0402 e. The number of thiophene rings is 1. The highest BCUT2D eigenvalue weighted by Gasteiger charge is 2.02. The van der Waals surface area contributed by atoms with Crippen molar-refractivity contribution in [3.05, 3.63) is 51.7 Å². The average Bonchev–Trinajstić information content (AvgIpc) is 2.93. The predicted octanol–water partition coefficient (Wildman–Crippen LogP) is 3.82. The fraction of sp³-hybridized carbons (Fsp3) is 0.375. The third-order valence-electron chi connectivity index (χ3n) is 3.22. The Morgan fingerprint density at radius 2 is 2.00 bits per heavy atom. The smallest absolute Gasteiger partial charge is 0.0402 e. The van der Waals surface area contributed by atoms with Gasteiger partial charge in [-0.1, -0.05) is 31.2 Å². The number of hydrogen-bond donors (Lipinski definition) is 2. The molecule has 2 nitrogen and oxygen atoms in total. The SMILES string of the molecule is CCc1cccc(C)c1NCCNCc1cccs1. The van der Waals surface area contributed by atoms with E-state index in [4.69, 9.17) is 0 Å². The van der Waals surface area contributed by atoms with Gasteiger partial charge in [0.05, 0.1) is 0 Å². The molecule has 2 N–H and O–H groups in total. The first kappa shape index (κ1) is 14.1. The monoisotopic (exact) mass is 274 g/mol. The van der Waals surface area contributed by atoms with Gasteiger partial charge in [0.1, 0.15) is 0 Å². The zero-order chi connectivity index (χ0) is 13.5. The molecule has 0 radical (unpaired) electrons. The summed E-state index contributed by atoms with van der Waals surface area (Å²) in [7, 11) is 0. The number of nitrogens with one attached hydrogen (secondary N) is 2. The van der Waals surface area contributed by atoms with Crippen molar-refractivity contribution in [3.63, 3.8) is 0 Å². The van der Waals surface area contributed by atoms with Crippen molar-refractivity contribution in [2.45, 2.75) is 26.8 Å². The molecule has 2 rings (SSSR count). The first-order valence-electron chi connectivity index (χ1n) is 6.86. The van der Waals surface area contributed by atoms with Crippen molar-refractivity contribution < 1.29 is 0 Å². The van der Waals surface area contributed by atoms with E-state index in [0.717, 1.165) is 26.1 Å². The van der Waals surface area contributed by atoms with E-state index in [1.54, 1.807) is 11.3 Å². The second-order valence-corrected chi connectivity index (χ2v) is 5.68. The summed E-state index contributed by atoms with van der Waals surface area (Å²) in [6, 6.07) is 10.8. The standard InChI is InChI=1S/C16H22N2S/c1-3-14-7-4-6-13(2)16(14)18-10-9-17-12-15-8-5-11-19-15/h4-8,11,17-18H,3,9-10,12H2,1-2H3. The van der Waals surface area contributed by atoms with Gasteiger partial charge in [0.2, 0.25) is 0 Å². The molecule has 0 saturated heterocycles. The first-order valence-corrected chi connectivity index (χ1v) is 7.74. The highest BCUT2D eigenvalue weighted by molar-refractivity contribution is 7.09. The molecule has 0 saturated carbocycles. The molecule has 0 aliphatic heterocycles. The molecule has 0 fully saturated rings. The van der Waals surface area contributed by atoms with Gasteiger partial charge in [-0.3, -0.25) is 0 Å². The lowest BCUT2D eigenvalue weighted by Gasteiger charge is -2.14. The Kier molecular flexibility index (Phi) is 5.43. The summed E-state index contributed by atoms with van der Waals surface area (Å²) in [5, 5.41) is 9.14. The minimum atomic E-state index is 0.962.